The first-order chi connectivity index (χ1) is 7.73. The van der Waals surface area contributed by atoms with Crippen molar-refractivity contribution in [3.63, 3.8) is 0 Å². The number of hydrogen-bond acceptors (Lipinski definition) is 2. The maximum atomic E-state index is 13.5. The third-order valence-corrected chi connectivity index (χ3v) is 3.29. The highest BCUT2D eigenvalue weighted by atomic mass is 19.3. The normalized spacial score (nSPS) is 31.5. The molecule has 1 aliphatic heterocycles. The van der Waals surface area contributed by atoms with Crippen LogP contribution < -0.4 is 0 Å². The van der Waals surface area contributed by atoms with Gasteiger partial charge in [-0.05, 0) is 33.6 Å². The van der Waals surface area contributed by atoms with Gasteiger partial charge in [0.2, 0.25) is 0 Å². The van der Waals surface area contributed by atoms with Crippen molar-refractivity contribution in [3.8, 4) is 0 Å². The minimum absolute atomic E-state index is 0.381. The average molecular weight is 247 g/mol. The van der Waals surface area contributed by atoms with Crippen LogP contribution in [0.25, 0.3) is 0 Å². The summed E-state index contributed by atoms with van der Waals surface area (Å²) in [5.41, 5.74) is -0.636. The summed E-state index contributed by atoms with van der Waals surface area (Å²) in [4.78, 5) is 13.1. The van der Waals surface area contributed by atoms with E-state index in [1.807, 2.05) is 0 Å². The van der Waals surface area contributed by atoms with E-state index in [0.717, 1.165) is 12.8 Å². The number of carbonyl (C=O) groups is 1. The molecule has 0 aromatic heterocycles. The molecule has 2 atom stereocenters. The van der Waals surface area contributed by atoms with E-state index in [0.29, 0.717) is 13.0 Å². The van der Waals surface area contributed by atoms with Gasteiger partial charge in [0.15, 0.2) is 0 Å². The smallest absolute Gasteiger partial charge is 0.410 e. The highest BCUT2D eigenvalue weighted by Crippen LogP contribution is 2.56. The summed E-state index contributed by atoms with van der Waals surface area (Å²) in [7, 11) is 0. The predicted octanol–water partition coefficient (Wildman–Crippen LogP) is 3.04. The van der Waals surface area contributed by atoms with Crippen LogP contribution in [0.4, 0.5) is 13.6 Å². The van der Waals surface area contributed by atoms with Gasteiger partial charge in [-0.1, -0.05) is 6.42 Å². The number of hydrogen-bond donors (Lipinski definition) is 0. The summed E-state index contributed by atoms with van der Waals surface area (Å²) >= 11 is 0. The number of carbonyl (C=O) groups excluding carboxylic acids is 1. The molecule has 0 bridgehead atoms. The Balaban J connectivity index is 2.06. The SMILES string of the molecule is CC(C)(C)OC(=O)N1CCCC[C@@H]2[C@@H]1C2(F)F. The number of ether oxygens (including phenoxy) is 1. The minimum atomic E-state index is -2.71. The molecule has 2 rings (SSSR count). The fourth-order valence-corrected chi connectivity index (χ4v) is 2.46. The number of alkyl halides is 2. The second kappa shape index (κ2) is 3.82. The summed E-state index contributed by atoms with van der Waals surface area (Å²) < 4.78 is 32.1. The van der Waals surface area contributed by atoms with Gasteiger partial charge in [-0.3, -0.25) is 4.90 Å². The van der Waals surface area contributed by atoms with Crippen molar-refractivity contribution in [3.05, 3.63) is 0 Å². The molecule has 1 aliphatic carbocycles. The molecule has 17 heavy (non-hydrogen) atoms. The fraction of sp³-hybridized carbons (Fsp3) is 0.917. The third kappa shape index (κ3) is 2.38. The molecule has 0 unspecified atom stereocenters. The van der Waals surface area contributed by atoms with E-state index in [-0.39, 0.29) is 0 Å². The average Bonchev–Trinajstić information content (AvgIpc) is 2.75. The Bertz CT molecular complexity index is 325. The lowest BCUT2D eigenvalue weighted by molar-refractivity contribution is 0.00791. The van der Waals surface area contributed by atoms with Crippen LogP contribution in [0.2, 0.25) is 0 Å². The van der Waals surface area contributed by atoms with Crippen LogP contribution in [0, 0.1) is 5.92 Å². The molecule has 1 heterocycles. The maximum Gasteiger partial charge on any atom is 0.410 e. The van der Waals surface area contributed by atoms with E-state index < -0.39 is 29.6 Å². The van der Waals surface area contributed by atoms with Gasteiger partial charge in [0.05, 0.1) is 5.92 Å². The Morgan fingerprint density at radius 2 is 2.00 bits per heavy atom. The standard InChI is InChI=1S/C12H19F2NO2/c1-11(2,3)17-10(16)15-7-5-4-6-8-9(15)12(8,13)14/h8-9H,4-7H2,1-3H3/t8-,9-/m1/s1. The molecule has 0 N–H and O–H groups in total. The van der Waals surface area contributed by atoms with Crippen molar-refractivity contribution in [2.45, 2.75) is 57.6 Å². The molecular weight excluding hydrogens is 228 g/mol. The number of amides is 1. The summed E-state index contributed by atoms with van der Waals surface area (Å²) in [6, 6.07) is -0.931. The van der Waals surface area contributed by atoms with Crippen LogP contribution in [0.1, 0.15) is 40.0 Å². The molecule has 2 fully saturated rings. The second-order valence-corrected chi connectivity index (χ2v) is 5.90. The van der Waals surface area contributed by atoms with Crippen LogP contribution in [0.5, 0.6) is 0 Å². The van der Waals surface area contributed by atoms with Crippen molar-refractivity contribution in [2.75, 3.05) is 6.54 Å². The predicted molar refractivity (Wildman–Crippen MR) is 59.0 cm³/mol. The zero-order valence-electron chi connectivity index (χ0n) is 10.5. The molecule has 1 saturated heterocycles. The van der Waals surface area contributed by atoms with Crippen LogP contribution >= 0.6 is 0 Å². The number of likely N-dealkylation sites (tertiary alicyclic amines) is 1. The van der Waals surface area contributed by atoms with E-state index >= 15 is 0 Å². The van der Waals surface area contributed by atoms with E-state index in [1.54, 1.807) is 20.8 Å². The summed E-state index contributed by atoms with van der Waals surface area (Å²) in [6.07, 6.45) is 1.45. The molecule has 1 amide bonds. The fourth-order valence-electron chi connectivity index (χ4n) is 2.46. The van der Waals surface area contributed by atoms with Gasteiger partial charge in [0.25, 0.3) is 5.92 Å². The zero-order chi connectivity index (χ0) is 12.8. The first-order valence-corrected chi connectivity index (χ1v) is 6.11. The van der Waals surface area contributed by atoms with Gasteiger partial charge in [-0.2, -0.15) is 0 Å². The molecular formula is C12H19F2NO2. The van der Waals surface area contributed by atoms with Crippen molar-refractivity contribution >= 4 is 6.09 Å². The summed E-state index contributed by atoms with van der Waals surface area (Å²) in [5.74, 6) is -3.37. The Hall–Kier alpha value is -0.870. The second-order valence-electron chi connectivity index (χ2n) is 5.90. The maximum absolute atomic E-state index is 13.5. The Labute approximate surface area is 100 Å². The molecule has 2 aliphatic rings. The van der Waals surface area contributed by atoms with Crippen molar-refractivity contribution in [1.82, 2.24) is 4.90 Å². The number of halogens is 2. The van der Waals surface area contributed by atoms with Crippen molar-refractivity contribution in [2.24, 2.45) is 5.92 Å². The molecule has 5 heteroatoms. The lowest BCUT2D eigenvalue weighted by Gasteiger charge is -2.27. The number of rotatable bonds is 0. The minimum Gasteiger partial charge on any atom is -0.444 e. The molecule has 0 aromatic rings. The Morgan fingerprint density at radius 1 is 1.35 bits per heavy atom. The van der Waals surface area contributed by atoms with Crippen LogP contribution in [-0.2, 0) is 4.74 Å². The number of fused-ring (bicyclic) bond motifs is 1. The summed E-state index contributed by atoms with van der Waals surface area (Å²) in [6.45, 7) is 5.60. The molecule has 1 saturated carbocycles. The topological polar surface area (TPSA) is 29.5 Å². The van der Waals surface area contributed by atoms with E-state index in [4.69, 9.17) is 4.74 Å². The van der Waals surface area contributed by atoms with Gasteiger partial charge in [-0.15, -0.1) is 0 Å². The highest BCUT2D eigenvalue weighted by molar-refractivity contribution is 5.69. The first kappa shape index (κ1) is 12.6. The molecule has 0 radical (unpaired) electrons. The Morgan fingerprint density at radius 3 is 2.59 bits per heavy atom. The molecule has 98 valence electrons. The lowest BCUT2D eigenvalue weighted by atomic mass is 10.2. The molecule has 0 aromatic carbocycles. The zero-order valence-corrected chi connectivity index (χ0v) is 10.5. The van der Waals surface area contributed by atoms with Crippen LogP contribution in [0.3, 0.4) is 0 Å². The largest absolute Gasteiger partial charge is 0.444 e. The first-order valence-electron chi connectivity index (χ1n) is 6.11. The van der Waals surface area contributed by atoms with Gasteiger partial charge in [-0.25, -0.2) is 13.6 Å². The van der Waals surface area contributed by atoms with E-state index in [2.05, 4.69) is 0 Å². The van der Waals surface area contributed by atoms with Crippen molar-refractivity contribution < 1.29 is 18.3 Å². The monoisotopic (exact) mass is 247 g/mol. The lowest BCUT2D eigenvalue weighted by Crippen LogP contribution is -2.40. The van der Waals surface area contributed by atoms with E-state index in [1.165, 1.54) is 4.90 Å². The molecule has 0 spiro atoms. The van der Waals surface area contributed by atoms with Gasteiger partial charge >= 0.3 is 6.09 Å². The van der Waals surface area contributed by atoms with E-state index in [9.17, 15) is 13.6 Å². The Kier molecular flexibility index (Phi) is 2.83. The summed E-state index contributed by atoms with van der Waals surface area (Å²) in [5, 5.41) is 0. The number of nitrogens with zero attached hydrogens (tertiary/aromatic N) is 1. The molecule has 3 nitrogen and oxygen atoms in total. The van der Waals surface area contributed by atoms with Crippen LogP contribution in [0.15, 0.2) is 0 Å². The van der Waals surface area contributed by atoms with Gasteiger partial charge in [0, 0.05) is 6.54 Å². The quantitative estimate of drug-likeness (QED) is 0.658. The third-order valence-electron chi connectivity index (χ3n) is 3.29. The highest BCUT2D eigenvalue weighted by Gasteiger charge is 2.71. The van der Waals surface area contributed by atoms with Crippen molar-refractivity contribution in [1.29, 1.82) is 0 Å². The van der Waals surface area contributed by atoms with Gasteiger partial charge < -0.3 is 4.74 Å². The van der Waals surface area contributed by atoms with Gasteiger partial charge in [0.1, 0.15) is 11.6 Å². The van der Waals surface area contributed by atoms with Crippen LogP contribution in [-0.4, -0.2) is 35.1 Å².